The van der Waals surface area contributed by atoms with Crippen molar-refractivity contribution < 1.29 is 14.3 Å². The van der Waals surface area contributed by atoms with Crippen LogP contribution in [0, 0.1) is 3.57 Å². The molecule has 2 aromatic rings. The second kappa shape index (κ2) is 7.61. The molecule has 0 bridgehead atoms. The number of nitrogens with one attached hydrogen (secondary N) is 1. The van der Waals surface area contributed by atoms with Crippen LogP contribution in [0.1, 0.15) is 33.8 Å². The molecule has 0 aliphatic carbocycles. The Morgan fingerprint density at radius 1 is 1.35 bits per heavy atom. The lowest BCUT2D eigenvalue weighted by Crippen LogP contribution is -2.35. The zero-order chi connectivity index (χ0) is 18.1. The molecule has 1 aromatic carbocycles. The lowest BCUT2D eigenvalue weighted by molar-refractivity contribution is -0.124. The van der Waals surface area contributed by atoms with E-state index in [4.69, 9.17) is 4.74 Å². The summed E-state index contributed by atoms with van der Waals surface area (Å²) < 4.78 is 6.36. The highest BCUT2D eigenvalue weighted by molar-refractivity contribution is 14.1. The number of carbonyl (C=O) groups is 2. The average molecular weight is 483 g/mol. The monoisotopic (exact) mass is 483 g/mol. The number of carbonyl (C=O) groups excluding carboxylic acids is 2. The number of hydrogen-bond donors (Lipinski definition) is 1. The van der Waals surface area contributed by atoms with Gasteiger partial charge in [0.2, 0.25) is 0 Å². The van der Waals surface area contributed by atoms with Crippen LogP contribution in [0.25, 0.3) is 0 Å². The Bertz CT molecular complexity index is 848. The molecule has 0 radical (unpaired) electrons. The standard InChI is InChI=1S/C18H18IN3O3S/c19-12-5-2-1-4-11(12)17(24)22-8-7-13-15(10-22)26-18(20-13)21-16(23)14-6-3-9-25-14/h1-2,4-5,14H,3,6-10H2,(H,20,21,23). The summed E-state index contributed by atoms with van der Waals surface area (Å²) >= 11 is 3.64. The number of thiazole rings is 1. The highest BCUT2D eigenvalue weighted by atomic mass is 127. The van der Waals surface area contributed by atoms with Crippen molar-refractivity contribution in [1.82, 2.24) is 9.88 Å². The number of rotatable bonds is 3. The number of hydrogen-bond acceptors (Lipinski definition) is 5. The van der Waals surface area contributed by atoms with E-state index in [1.165, 1.54) is 11.3 Å². The van der Waals surface area contributed by atoms with Gasteiger partial charge in [0.1, 0.15) is 6.10 Å². The summed E-state index contributed by atoms with van der Waals surface area (Å²) in [5.41, 5.74) is 1.71. The second-order valence-corrected chi connectivity index (χ2v) is 8.58. The van der Waals surface area contributed by atoms with Gasteiger partial charge < -0.3 is 9.64 Å². The first kappa shape index (κ1) is 17.9. The minimum Gasteiger partial charge on any atom is -0.368 e. The normalized spacial score (nSPS) is 19.3. The lowest BCUT2D eigenvalue weighted by atomic mass is 10.1. The summed E-state index contributed by atoms with van der Waals surface area (Å²) in [6.07, 6.45) is 2.02. The van der Waals surface area contributed by atoms with Crippen molar-refractivity contribution >= 4 is 50.9 Å². The van der Waals surface area contributed by atoms with Crippen molar-refractivity contribution in [1.29, 1.82) is 0 Å². The van der Waals surface area contributed by atoms with Crippen molar-refractivity contribution in [3.8, 4) is 0 Å². The molecule has 2 amide bonds. The SMILES string of the molecule is O=C(Nc1nc2c(s1)CN(C(=O)c1ccccc1I)CC2)C1CCCO1. The summed E-state index contributed by atoms with van der Waals surface area (Å²) in [7, 11) is 0. The number of anilines is 1. The van der Waals surface area contributed by atoms with E-state index in [9.17, 15) is 9.59 Å². The Balaban J connectivity index is 1.45. The summed E-state index contributed by atoms with van der Waals surface area (Å²) in [5, 5.41) is 3.46. The second-order valence-electron chi connectivity index (χ2n) is 6.34. The van der Waals surface area contributed by atoms with Crippen molar-refractivity contribution in [3.63, 3.8) is 0 Å². The van der Waals surface area contributed by atoms with E-state index in [0.29, 0.717) is 31.2 Å². The number of nitrogens with zero attached hydrogens (tertiary/aromatic N) is 2. The molecule has 1 fully saturated rings. The van der Waals surface area contributed by atoms with Gasteiger partial charge in [0.05, 0.1) is 17.8 Å². The number of ether oxygens (including phenoxy) is 1. The molecule has 6 nitrogen and oxygen atoms in total. The van der Waals surface area contributed by atoms with Gasteiger partial charge in [0, 0.05) is 28.0 Å². The third-order valence-electron chi connectivity index (χ3n) is 4.57. The van der Waals surface area contributed by atoms with Crippen LogP contribution in [-0.4, -0.2) is 41.0 Å². The number of halogens is 1. The minimum atomic E-state index is -0.367. The quantitative estimate of drug-likeness (QED) is 0.682. The summed E-state index contributed by atoms with van der Waals surface area (Å²) in [4.78, 5) is 32.4. The summed E-state index contributed by atoms with van der Waals surface area (Å²) in [5.74, 6) is -0.0839. The fourth-order valence-electron chi connectivity index (χ4n) is 3.20. The first-order valence-electron chi connectivity index (χ1n) is 8.56. The molecule has 4 rings (SSSR count). The molecule has 0 saturated carbocycles. The average Bonchev–Trinajstić information content (AvgIpc) is 3.30. The predicted octanol–water partition coefficient (Wildman–Crippen LogP) is 3.06. The first-order valence-corrected chi connectivity index (χ1v) is 10.5. The van der Waals surface area contributed by atoms with Crippen LogP contribution < -0.4 is 5.32 Å². The molecule has 136 valence electrons. The minimum absolute atomic E-state index is 0.0407. The van der Waals surface area contributed by atoms with Gasteiger partial charge in [-0.05, 0) is 47.6 Å². The molecule has 26 heavy (non-hydrogen) atoms. The van der Waals surface area contributed by atoms with Crippen LogP contribution in [0.2, 0.25) is 0 Å². The smallest absolute Gasteiger partial charge is 0.255 e. The Labute approximate surface area is 169 Å². The molecular formula is C18H18IN3O3S. The van der Waals surface area contributed by atoms with Gasteiger partial charge in [0.15, 0.2) is 5.13 Å². The molecular weight excluding hydrogens is 465 g/mol. The molecule has 3 heterocycles. The van der Waals surface area contributed by atoms with E-state index in [1.807, 2.05) is 29.2 Å². The van der Waals surface area contributed by atoms with Gasteiger partial charge >= 0.3 is 0 Å². The predicted molar refractivity (Wildman–Crippen MR) is 107 cm³/mol. The Morgan fingerprint density at radius 2 is 2.19 bits per heavy atom. The van der Waals surface area contributed by atoms with Crippen LogP contribution in [0.4, 0.5) is 5.13 Å². The Hall–Kier alpha value is -1.52. The van der Waals surface area contributed by atoms with Crippen LogP contribution in [0.5, 0.6) is 0 Å². The van der Waals surface area contributed by atoms with Gasteiger partial charge in [-0.2, -0.15) is 0 Å². The van der Waals surface area contributed by atoms with Crippen molar-refractivity contribution in [2.75, 3.05) is 18.5 Å². The maximum atomic E-state index is 12.8. The topological polar surface area (TPSA) is 71.5 Å². The number of aromatic nitrogens is 1. The first-order chi connectivity index (χ1) is 12.6. The number of amides is 2. The van der Waals surface area contributed by atoms with Gasteiger partial charge in [0.25, 0.3) is 11.8 Å². The summed E-state index contributed by atoms with van der Waals surface area (Å²) in [6, 6.07) is 7.61. The largest absolute Gasteiger partial charge is 0.368 e. The molecule has 1 unspecified atom stereocenters. The maximum Gasteiger partial charge on any atom is 0.255 e. The molecule has 8 heteroatoms. The van der Waals surface area contributed by atoms with E-state index < -0.39 is 0 Å². The third-order valence-corrected chi connectivity index (χ3v) is 6.51. The van der Waals surface area contributed by atoms with E-state index in [0.717, 1.165) is 32.5 Å². The van der Waals surface area contributed by atoms with Crippen LogP contribution in [0.15, 0.2) is 24.3 Å². The van der Waals surface area contributed by atoms with Gasteiger partial charge in [-0.1, -0.05) is 23.5 Å². The third kappa shape index (κ3) is 3.63. The lowest BCUT2D eigenvalue weighted by Gasteiger charge is -2.26. The fraction of sp³-hybridized carbons (Fsp3) is 0.389. The van der Waals surface area contributed by atoms with Gasteiger partial charge in [-0.25, -0.2) is 4.98 Å². The van der Waals surface area contributed by atoms with E-state index in [1.54, 1.807) is 0 Å². The van der Waals surface area contributed by atoms with Crippen LogP contribution in [0.3, 0.4) is 0 Å². The molecule has 1 aromatic heterocycles. The highest BCUT2D eigenvalue weighted by Crippen LogP contribution is 2.30. The fourth-order valence-corrected chi connectivity index (χ4v) is 4.84. The zero-order valence-electron chi connectivity index (χ0n) is 14.0. The Morgan fingerprint density at radius 3 is 2.96 bits per heavy atom. The zero-order valence-corrected chi connectivity index (χ0v) is 17.0. The van der Waals surface area contributed by atoms with Gasteiger partial charge in [-0.3, -0.25) is 14.9 Å². The molecule has 1 N–H and O–H groups in total. The summed E-state index contributed by atoms with van der Waals surface area (Å²) in [6.45, 7) is 1.81. The van der Waals surface area contributed by atoms with Crippen LogP contribution in [-0.2, 0) is 22.5 Å². The molecule has 1 saturated heterocycles. The van der Waals surface area contributed by atoms with Crippen molar-refractivity contribution in [2.24, 2.45) is 0 Å². The highest BCUT2D eigenvalue weighted by Gasteiger charge is 2.28. The number of fused-ring (bicyclic) bond motifs is 1. The Kier molecular flexibility index (Phi) is 5.23. The molecule has 1 atom stereocenters. The number of benzene rings is 1. The van der Waals surface area contributed by atoms with Crippen molar-refractivity contribution in [2.45, 2.75) is 31.9 Å². The van der Waals surface area contributed by atoms with E-state index in [2.05, 4.69) is 32.9 Å². The molecule has 2 aliphatic heterocycles. The van der Waals surface area contributed by atoms with Crippen molar-refractivity contribution in [3.05, 3.63) is 44.0 Å². The molecule has 2 aliphatic rings. The maximum absolute atomic E-state index is 12.8. The van der Waals surface area contributed by atoms with E-state index >= 15 is 0 Å². The van der Waals surface area contributed by atoms with Gasteiger partial charge in [-0.15, -0.1) is 0 Å². The van der Waals surface area contributed by atoms with E-state index in [-0.39, 0.29) is 17.9 Å². The van der Waals surface area contributed by atoms with Crippen LogP contribution >= 0.6 is 33.9 Å². The molecule has 0 spiro atoms.